The molecule has 7 aromatic rings. The maximum atomic E-state index is 2.56. The number of rotatable bonds is 10. The maximum absolute atomic E-state index is 2.56. The molecule has 2 atom stereocenters. The third-order valence-corrected chi connectivity index (χ3v) is 12.8. The smallest absolute Gasteiger partial charge is 0.0620 e. The van der Waals surface area contributed by atoms with E-state index in [9.17, 15) is 0 Å². The van der Waals surface area contributed by atoms with Crippen molar-refractivity contribution < 1.29 is 0 Å². The molecule has 0 N–H and O–H groups in total. The fourth-order valence-electron chi connectivity index (χ4n) is 8.95. The normalized spacial score (nSPS) is 13.2. The van der Waals surface area contributed by atoms with Gasteiger partial charge in [-0.1, -0.05) is 130 Å². The van der Waals surface area contributed by atoms with E-state index in [0.717, 1.165) is 24.2 Å². The Morgan fingerprint density at radius 3 is 0.983 bits per heavy atom. The highest BCUT2D eigenvalue weighted by Gasteiger charge is 2.29. The Labute approximate surface area is 362 Å². The molecule has 0 heterocycles. The van der Waals surface area contributed by atoms with Crippen LogP contribution < -0.4 is 9.80 Å². The largest absolute Gasteiger partial charge is 0.309 e. The van der Waals surface area contributed by atoms with E-state index in [2.05, 4.69) is 228 Å². The highest BCUT2D eigenvalue weighted by atomic mass is 15.2. The number of aryl methyl sites for hydroxylation is 4. The molecular formula is C58H68N2. The van der Waals surface area contributed by atoms with Crippen LogP contribution in [0.1, 0.15) is 138 Å². The van der Waals surface area contributed by atoms with Crippen LogP contribution >= 0.6 is 0 Å². The van der Waals surface area contributed by atoms with Crippen LogP contribution in [0.3, 0.4) is 0 Å². The van der Waals surface area contributed by atoms with Gasteiger partial charge in [-0.3, -0.25) is 0 Å². The van der Waals surface area contributed by atoms with Crippen molar-refractivity contribution in [3.8, 4) is 0 Å². The van der Waals surface area contributed by atoms with Crippen molar-refractivity contribution in [2.24, 2.45) is 0 Å². The summed E-state index contributed by atoms with van der Waals surface area (Å²) in [6.07, 6.45) is 2.22. The fraction of sp³-hybridized carbons (Fsp3) is 0.345. The zero-order chi connectivity index (χ0) is 43.3. The van der Waals surface area contributed by atoms with Gasteiger partial charge in [-0.2, -0.15) is 0 Å². The third kappa shape index (κ3) is 8.49. The summed E-state index contributed by atoms with van der Waals surface area (Å²) >= 11 is 0. The molecule has 0 aliphatic rings. The van der Waals surface area contributed by atoms with E-state index in [1.807, 2.05) is 0 Å². The van der Waals surface area contributed by atoms with E-state index in [1.165, 1.54) is 88.8 Å². The molecule has 0 spiro atoms. The van der Waals surface area contributed by atoms with Crippen LogP contribution in [0.25, 0.3) is 21.5 Å². The van der Waals surface area contributed by atoms with Gasteiger partial charge >= 0.3 is 0 Å². The minimum Gasteiger partial charge on any atom is -0.309 e. The van der Waals surface area contributed by atoms with Crippen LogP contribution in [0.5, 0.6) is 0 Å². The molecular weight excluding hydrogens is 725 g/mol. The molecule has 60 heavy (non-hydrogen) atoms. The van der Waals surface area contributed by atoms with Crippen LogP contribution in [-0.2, 0) is 10.8 Å². The van der Waals surface area contributed by atoms with Gasteiger partial charge in [0.25, 0.3) is 0 Å². The minimum absolute atomic E-state index is 0.0570. The minimum atomic E-state index is -0.0570. The number of hydrogen-bond donors (Lipinski definition) is 0. The molecule has 0 saturated heterocycles. The lowest BCUT2D eigenvalue weighted by atomic mass is 9.82. The molecule has 0 aromatic heterocycles. The summed E-state index contributed by atoms with van der Waals surface area (Å²) in [5.74, 6) is 0.991. The first kappa shape index (κ1) is 42.8. The molecule has 0 aliphatic heterocycles. The SMILES string of the molecule is CCC(C)c1ccc(N(c2cc(C)cc(C)c2)c2c3ccc(C(C)(C)C)cc3c(N(c3ccc(C(C)CC)cc3)c3cc(C)cc(C)c3)c3ccc(C(C)(C)C)cc23)cc1. The summed E-state index contributed by atoms with van der Waals surface area (Å²) < 4.78 is 0. The summed E-state index contributed by atoms with van der Waals surface area (Å²) in [5.41, 5.74) is 17.4. The molecule has 0 aliphatic carbocycles. The van der Waals surface area contributed by atoms with Gasteiger partial charge in [0.05, 0.1) is 11.4 Å². The lowest BCUT2D eigenvalue weighted by Crippen LogP contribution is -2.17. The van der Waals surface area contributed by atoms with Gasteiger partial charge in [0.2, 0.25) is 0 Å². The number of nitrogens with zero attached hydrogens (tertiary/aromatic N) is 2. The second-order valence-corrected chi connectivity index (χ2v) is 19.9. The summed E-state index contributed by atoms with van der Waals surface area (Å²) in [6, 6.07) is 47.4. The van der Waals surface area contributed by atoms with Crippen molar-refractivity contribution in [2.75, 3.05) is 9.80 Å². The molecule has 2 nitrogen and oxygen atoms in total. The molecule has 0 fully saturated rings. The molecule has 2 heteroatoms. The molecule has 0 amide bonds. The zero-order valence-corrected chi connectivity index (χ0v) is 39.0. The van der Waals surface area contributed by atoms with E-state index in [0.29, 0.717) is 11.8 Å². The van der Waals surface area contributed by atoms with Gasteiger partial charge in [-0.05, 0) is 168 Å². The van der Waals surface area contributed by atoms with Crippen LogP contribution in [0.4, 0.5) is 34.1 Å². The van der Waals surface area contributed by atoms with Crippen LogP contribution in [0.15, 0.2) is 121 Å². The zero-order valence-electron chi connectivity index (χ0n) is 39.0. The summed E-state index contributed by atoms with van der Waals surface area (Å²) in [7, 11) is 0. The molecule has 0 saturated carbocycles. The van der Waals surface area contributed by atoms with Gasteiger partial charge in [-0.25, -0.2) is 0 Å². The highest BCUT2D eigenvalue weighted by Crippen LogP contribution is 2.53. The third-order valence-electron chi connectivity index (χ3n) is 12.8. The molecule has 0 bridgehead atoms. The second kappa shape index (κ2) is 16.6. The fourth-order valence-corrected chi connectivity index (χ4v) is 8.95. The van der Waals surface area contributed by atoms with Crippen molar-refractivity contribution in [1.29, 1.82) is 0 Å². The summed E-state index contributed by atoms with van der Waals surface area (Å²) in [5, 5.41) is 4.94. The molecule has 0 radical (unpaired) electrons. The Morgan fingerprint density at radius 1 is 0.383 bits per heavy atom. The average molecular weight is 793 g/mol. The monoisotopic (exact) mass is 793 g/mol. The van der Waals surface area contributed by atoms with Crippen molar-refractivity contribution in [3.63, 3.8) is 0 Å². The first-order valence-electron chi connectivity index (χ1n) is 22.4. The highest BCUT2D eigenvalue weighted by molar-refractivity contribution is 6.23. The first-order chi connectivity index (χ1) is 28.4. The Balaban J connectivity index is 1.70. The van der Waals surface area contributed by atoms with Gasteiger partial charge in [0.15, 0.2) is 0 Å². The van der Waals surface area contributed by atoms with Crippen LogP contribution in [0, 0.1) is 27.7 Å². The molecule has 7 rings (SSSR count). The van der Waals surface area contributed by atoms with E-state index in [-0.39, 0.29) is 10.8 Å². The average Bonchev–Trinajstić information content (AvgIpc) is 3.19. The second-order valence-electron chi connectivity index (χ2n) is 19.9. The van der Waals surface area contributed by atoms with Gasteiger partial charge in [-0.15, -0.1) is 0 Å². The molecule has 310 valence electrons. The summed E-state index contributed by atoms with van der Waals surface area (Å²) in [4.78, 5) is 5.11. The van der Waals surface area contributed by atoms with Crippen molar-refractivity contribution >= 4 is 55.7 Å². The number of hydrogen-bond acceptors (Lipinski definition) is 2. The number of fused-ring (bicyclic) bond motifs is 2. The van der Waals surface area contributed by atoms with Crippen molar-refractivity contribution in [2.45, 2.75) is 132 Å². The van der Waals surface area contributed by atoms with Crippen LogP contribution in [0.2, 0.25) is 0 Å². The van der Waals surface area contributed by atoms with Gasteiger partial charge < -0.3 is 9.80 Å². The van der Waals surface area contributed by atoms with Gasteiger partial charge in [0.1, 0.15) is 0 Å². The molecule has 7 aromatic carbocycles. The van der Waals surface area contributed by atoms with E-state index in [1.54, 1.807) is 0 Å². The Kier molecular flexibility index (Phi) is 11.8. The summed E-state index contributed by atoms with van der Waals surface area (Å²) in [6.45, 7) is 32.1. The predicted octanol–water partition coefficient (Wildman–Crippen LogP) is 17.8. The Hall–Kier alpha value is -5.34. The van der Waals surface area contributed by atoms with Crippen molar-refractivity contribution in [3.05, 3.63) is 166 Å². The topological polar surface area (TPSA) is 6.48 Å². The Bertz CT molecular complexity index is 2420. The van der Waals surface area contributed by atoms with Crippen molar-refractivity contribution in [1.82, 2.24) is 0 Å². The lowest BCUT2D eigenvalue weighted by molar-refractivity contribution is 0.590. The predicted molar refractivity (Wildman–Crippen MR) is 265 cm³/mol. The quantitative estimate of drug-likeness (QED) is 0.101. The first-order valence-corrected chi connectivity index (χ1v) is 22.4. The lowest BCUT2D eigenvalue weighted by Gasteiger charge is -2.34. The number of benzene rings is 7. The maximum Gasteiger partial charge on any atom is 0.0620 e. The van der Waals surface area contributed by atoms with Gasteiger partial charge in [0, 0.05) is 44.3 Å². The van der Waals surface area contributed by atoms with E-state index in [4.69, 9.17) is 0 Å². The van der Waals surface area contributed by atoms with Crippen LogP contribution in [-0.4, -0.2) is 0 Å². The standard InChI is InChI=1S/C58H68N2/c1-15-41(7)43-17-23-47(24-18-43)59(49-31-37(3)29-38(4)32-49)55-51-27-21-46(58(12,13)14)36-54(51)56(52-28-22-45(35-53(52)55)57(9,10)11)60(50-33-39(5)30-40(6)34-50)48-25-19-44(20-26-48)42(8)16-2/h17-36,41-42H,15-16H2,1-14H3. The molecule has 2 unspecified atom stereocenters. The van der Waals surface area contributed by atoms with E-state index < -0.39 is 0 Å². The number of anilines is 6. The Morgan fingerprint density at radius 2 is 0.700 bits per heavy atom. The van der Waals surface area contributed by atoms with E-state index >= 15 is 0 Å².